The van der Waals surface area contributed by atoms with Crippen molar-refractivity contribution in [3.63, 3.8) is 0 Å². The average molecular weight is 551 g/mol. The molecule has 3 rings (SSSR count). The molecule has 0 saturated carbocycles. The molecule has 0 fully saturated rings. The molecule has 39 heavy (non-hydrogen) atoms. The van der Waals surface area contributed by atoms with Gasteiger partial charge in [-0.3, -0.25) is 9.59 Å². The molecule has 1 amide bonds. The first-order valence-electron chi connectivity index (χ1n) is 14.4. The Kier molecular flexibility index (Phi) is 13.0. The van der Waals surface area contributed by atoms with Crippen molar-refractivity contribution in [2.45, 2.75) is 90.4 Å². The number of amides is 1. The molecule has 3 N–H and O–H groups in total. The lowest BCUT2D eigenvalue weighted by Gasteiger charge is -2.09. The lowest BCUT2D eigenvalue weighted by molar-refractivity contribution is 0.102. The van der Waals surface area contributed by atoms with Gasteiger partial charge in [0.15, 0.2) is 11.2 Å². The molecule has 0 aliphatic rings. The third-order valence-electron chi connectivity index (χ3n) is 6.86. The summed E-state index contributed by atoms with van der Waals surface area (Å²) < 4.78 is 11.4. The SMILES string of the molecule is CCCCCCCCCCCCCCCOc1ccc(C(=O)Nc2ccc3oc(C(N)=S)cc(=O)c3c2)cc1. The number of thiocarbonyl (C=S) groups is 1. The largest absolute Gasteiger partial charge is 0.494 e. The van der Waals surface area contributed by atoms with Gasteiger partial charge in [-0.15, -0.1) is 0 Å². The Bertz CT molecular complexity index is 1250. The minimum Gasteiger partial charge on any atom is -0.494 e. The Hall–Kier alpha value is -3.19. The highest BCUT2D eigenvalue weighted by Gasteiger charge is 2.11. The van der Waals surface area contributed by atoms with Crippen LogP contribution in [-0.4, -0.2) is 17.5 Å². The van der Waals surface area contributed by atoms with E-state index in [0.29, 0.717) is 28.8 Å². The van der Waals surface area contributed by atoms with E-state index in [9.17, 15) is 9.59 Å². The Balaban J connectivity index is 1.32. The Morgan fingerprint density at radius 3 is 2.03 bits per heavy atom. The van der Waals surface area contributed by atoms with E-state index >= 15 is 0 Å². The Morgan fingerprint density at radius 2 is 1.44 bits per heavy atom. The van der Waals surface area contributed by atoms with Crippen molar-refractivity contribution in [3.05, 3.63) is 70.1 Å². The number of nitrogens with one attached hydrogen (secondary N) is 1. The van der Waals surface area contributed by atoms with Gasteiger partial charge in [-0.25, -0.2) is 0 Å². The van der Waals surface area contributed by atoms with Crippen molar-refractivity contribution >= 4 is 39.8 Å². The molecule has 0 aliphatic heterocycles. The molecule has 0 radical (unpaired) electrons. The summed E-state index contributed by atoms with van der Waals surface area (Å²) in [7, 11) is 0. The first-order valence-corrected chi connectivity index (χ1v) is 14.8. The fraction of sp³-hybridized carbons (Fsp3) is 0.469. The van der Waals surface area contributed by atoms with Crippen LogP contribution in [0.5, 0.6) is 5.75 Å². The van der Waals surface area contributed by atoms with Gasteiger partial charge in [0.1, 0.15) is 16.3 Å². The third kappa shape index (κ3) is 10.5. The zero-order chi connectivity index (χ0) is 27.9. The molecule has 0 spiro atoms. The maximum absolute atomic E-state index is 12.7. The molecule has 0 saturated heterocycles. The molecule has 6 nitrogen and oxygen atoms in total. The first kappa shape index (κ1) is 30.4. The lowest BCUT2D eigenvalue weighted by Crippen LogP contribution is -2.14. The molecule has 1 aromatic heterocycles. The number of benzene rings is 2. The molecular formula is C32H42N2O4S. The lowest BCUT2D eigenvalue weighted by atomic mass is 10.0. The second-order valence-electron chi connectivity index (χ2n) is 10.1. The predicted octanol–water partition coefficient (Wildman–Crippen LogP) is 8.15. The van der Waals surface area contributed by atoms with Gasteiger partial charge in [-0.2, -0.15) is 0 Å². The van der Waals surface area contributed by atoms with Crippen molar-refractivity contribution in [3.8, 4) is 5.75 Å². The molecule has 210 valence electrons. The average Bonchev–Trinajstić information content (AvgIpc) is 2.93. The third-order valence-corrected chi connectivity index (χ3v) is 7.06. The quantitative estimate of drug-likeness (QED) is 0.123. The predicted molar refractivity (Wildman–Crippen MR) is 164 cm³/mol. The molecule has 0 atom stereocenters. The van der Waals surface area contributed by atoms with Crippen LogP contribution >= 0.6 is 12.2 Å². The second kappa shape index (κ2) is 16.7. The number of unbranched alkanes of at least 4 members (excludes halogenated alkanes) is 12. The van der Waals surface area contributed by atoms with E-state index in [0.717, 1.165) is 12.2 Å². The van der Waals surface area contributed by atoms with Crippen LogP contribution in [0.4, 0.5) is 5.69 Å². The molecule has 3 aromatic rings. The molecular weight excluding hydrogens is 508 g/mol. The molecule has 0 bridgehead atoms. The zero-order valence-corrected chi connectivity index (χ0v) is 24.0. The van der Waals surface area contributed by atoms with Crippen LogP contribution in [0, 0.1) is 0 Å². The van der Waals surface area contributed by atoms with Gasteiger partial charge >= 0.3 is 0 Å². The number of anilines is 1. The Morgan fingerprint density at radius 1 is 0.846 bits per heavy atom. The number of rotatable bonds is 18. The number of fused-ring (bicyclic) bond motifs is 1. The molecule has 0 unspecified atom stereocenters. The van der Waals surface area contributed by atoms with Crippen molar-refractivity contribution in [2.24, 2.45) is 5.73 Å². The van der Waals surface area contributed by atoms with E-state index in [1.807, 2.05) is 12.1 Å². The zero-order valence-electron chi connectivity index (χ0n) is 23.1. The van der Waals surface area contributed by atoms with Gasteiger partial charge in [-0.05, 0) is 48.9 Å². The summed E-state index contributed by atoms with van der Waals surface area (Å²) in [4.78, 5) is 25.1. The number of nitrogens with two attached hydrogens (primary N) is 1. The van der Waals surface area contributed by atoms with Crippen LogP contribution in [0.2, 0.25) is 0 Å². The minimum atomic E-state index is -0.278. The summed E-state index contributed by atoms with van der Waals surface area (Å²) in [5, 5.41) is 3.16. The molecule has 2 aromatic carbocycles. The van der Waals surface area contributed by atoms with Crippen molar-refractivity contribution in [2.75, 3.05) is 11.9 Å². The summed E-state index contributed by atoms with van der Waals surface area (Å²) in [6.07, 6.45) is 17.2. The van der Waals surface area contributed by atoms with Crippen LogP contribution in [0.15, 0.2) is 57.7 Å². The topological polar surface area (TPSA) is 94.6 Å². The summed E-state index contributed by atoms with van der Waals surface area (Å²) >= 11 is 4.88. The van der Waals surface area contributed by atoms with Crippen molar-refractivity contribution in [1.29, 1.82) is 0 Å². The monoisotopic (exact) mass is 550 g/mol. The van der Waals surface area contributed by atoms with Gasteiger partial charge in [0, 0.05) is 17.3 Å². The van der Waals surface area contributed by atoms with E-state index in [1.165, 1.54) is 83.1 Å². The van der Waals surface area contributed by atoms with Crippen molar-refractivity contribution in [1.82, 2.24) is 0 Å². The number of hydrogen-bond donors (Lipinski definition) is 2. The fourth-order valence-electron chi connectivity index (χ4n) is 4.57. The van der Waals surface area contributed by atoms with E-state index in [-0.39, 0.29) is 22.1 Å². The number of ether oxygens (including phenoxy) is 1. The van der Waals surface area contributed by atoms with Gasteiger partial charge in [0.25, 0.3) is 5.91 Å². The summed E-state index contributed by atoms with van der Waals surface area (Å²) in [5.74, 6) is 0.639. The smallest absolute Gasteiger partial charge is 0.255 e. The normalized spacial score (nSPS) is 11.0. The Labute approximate surface area is 237 Å². The highest BCUT2D eigenvalue weighted by Crippen LogP contribution is 2.20. The van der Waals surface area contributed by atoms with Gasteiger partial charge in [-0.1, -0.05) is 96.2 Å². The molecule has 7 heteroatoms. The summed E-state index contributed by atoms with van der Waals surface area (Å²) in [5.41, 5.74) is 6.63. The maximum atomic E-state index is 12.7. The maximum Gasteiger partial charge on any atom is 0.255 e. The van der Waals surface area contributed by atoms with Crippen LogP contribution in [-0.2, 0) is 0 Å². The number of carbonyl (C=O) groups is 1. The van der Waals surface area contributed by atoms with Crippen LogP contribution in [0.1, 0.15) is 107 Å². The standard InChI is InChI=1S/C32H42N2O4S/c1-2-3-4-5-6-7-8-9-10-11-12-13-14-21-37-26-18-15-24(16-19-26)32(36)34-25-17-20-29-27(22-25)28(35)23-30(38-29)31(33)39/h15-20,22-23H,2-14,21H2,1H3,(H2,33,39)(H,34,36). The van der Waals surface area contributed by atoms with Gasteiger partial charge in [0.2, 0.25) is 0 Å². The van der Waals surface area contributed by atoms with E-state index < -0.39 is 0 Å². The second-order valence-corrected chi connectivity index (χ2v) is 10.6. The highest BCUT2D eigenvalue weighted by molar-refractivity contribution is 7.80. The molecule has 1 heterocycles. The van der Waals surface area contributed by atoms with E-state index in [2.05, 4.69) is 12.2 Å². The summed E-state index contributed by atoms with van der Waals surface area (Å²) in [6.45, 7) is 2.95. The van der Waals surface area contributed by atoms with Crippen LogP contribution < -0.4 is 21.2 Å². The summed E-state index contributed by atoms with van der Waals surface area (Å²) in [6, 6.07) is 13.2. The van der Waals surface area contributed by atoms with Gasteiger partial charge < -0.3 is 20.2 Å². The number of carbonyl (C=O) groups excluding carboxylic acids is 1. The highest BCUT2D eigenvalue weighted by atomic mass is 32.1. The van der Waals surface area contributed by atoms with Crippen LogP contribution in [0.3, 0.4) is 0 Å². The van der Waals surface area contributed by atoms with Crippen molar-refractivity contribution < 1.29 is 13.9 Å². The first-order chi connectivity index (χ1) is 19.0. The van der Waals surface area contributed by atoms with E-state index in [4.69, 9.17) is 27.1 Å². The fourth-order valence-corrected chi connectivity index (χ4v) is 4.67. The number of hydrogen-bond acceptors (Lipinski definition) is 5. The molecule has 0 aliphatic carbocycles. The van der Waals surface area contributed by atoms with Gasteiger partial charge in [0.05, 0.1) is 12.0 Å². The van der Waals surface area contributed by atoms with E-state index in [1.54, 1.807) is 30.3 Å². The minimum absolute atomic E-state index is 0.0168. The van der Waals surface area contributed by atoms with Crippen LogP contribution in [0.25, 0.3) is 11.0 Å².